The number of hydrogen-bond acceptors (Lipinski definition) is 4. The molecule has 3 aromatic rings. The summed E-state index contributed by atoms with van der Waals surface area (Å²) in [5, 5.41) is 3.70. The Kier molecular flexibility index (Phi) is 5.48. The van der Waals surface area contributed by atoms with E-state index in [0.717, 1.165) is 10.8 Å². The van der Waals surface area contributed by atoms with Crippen molar-refractivity contribution in [1.29, 1.82) is 0 Å². The average Bonchev–Trinajstić information content (AvgIpc) is 2.62. The maximum atomic E-state index is 12.1. The molecule has 1 amide bonds. The number of rotatable bonds is 6. The summed E-state index contributed by atoms with van der Waals surface area (Å²) in [5.74, 6) is 1.66. The van der Waals surface area contributed by atoms with Crippen molar-refractivity contribution in [3.8, 4) is 11.5 Å². The van der Waals surface area contributed by atoms with E-state index in [2.05, 4.69) is 10.3 Å². The molecule has 4 nitrogen and oxygen atoms in total. The van der Waals surface area contributed by atoms with Gasteiger partial charge in [0, 0.05) is 18.0 Å². The number of thioether (sulfide) groups is 1. The number of pyridine rings is 1. The quantitative estimate of drug-likeness (QED) is 0.668. The molecule has 120 valence electrons. The van der Waals surface area contributed by atoms with Gasteiger partial charge in [0.05, 0.1) is 10.8 Å². The van der Waals surface area contributed by atoms with Crippen molar-refractivity contribution < 1.29 is 9.53 Å². The van der Waals surface area contributed by atoms with E-state index in [1.807, 2.05) is 66.7 Å². The molecule has 0 bridgehead atoms. The summed E-state index contributed by atoms with van der Waals surface area (Å²) >= 11 is 1.40. The number of hydrogen-bond donors (Lipinski definition) is 1. The maximum absolute atomic E-state index is 12.1. The predicted molar refractivity (Wildman–Crippen MR) is 96.5 cm³/mol. The van der Waals surface area contributed by atoms with Crippen molar-refractivity contribution in [2.75, 3.05) is 11.1 Å². The number of benzene rings is 2. The molecule has 2 aromatic carbocycles. The molecule has 0 saturated heterocycles. The number of carbonyl (C=O) groups excluding carboxylic acids is 1. The van der Waals surface area contributed by atoms with Crippen molar-refractivity contribution >= 4 is 23.4 Å². The lowest BCUT2D eigenvalue weighted by molar-refractivity contribution is -0.113. The second kappa shape index (κ2) is 8.17. The Bertz CT molecular complexity index is 795. The summed E-state index contributed by atoms with van der Waals surface area (Å²) in [6.45, 7) is 0. The first-order valence-corrected chi connectivity index (χ1v) is 8.45. The minimum absolute atomic E-state index is 0.0810. The third-order valence-corrected chi connectivity index (χ3v) is 4.03. The zero-order chi connectivity index (χ0) is 16.6. The number of para-hydroxylation sites is 1. The highest BCUT2D eigenvalue weighted by atomic mass is 32.2. The molecule has 1 aromatic heterocycles. The van der Waals surface area contributed by atoms with Gasteiger partial charge >= 0.3 is 0 Å². The number of anilines is 1. The largest absolute Gasteiger partial charge is 0.457 e. The molecule has 0 aliphatic carbocycles. The van der Waals surface area contributed by atoms with Crippen LogP contribution in [0, 0.1) is 0 Å². The summed E-state index contributed by atoms with van der Waals surface area (Å²) in [6.07, 6.45) is 1.71. The summed E-state index contributed by atoms with van der Waals surface area (Å²) in [5.41, 5.74) is 0.704. The lowest BCUT2D eigenvalue weighted by atomic mass is 10.3. The molecule has 0 atom stereocenters. The Labute approximate surface area is 144 Å². The molecule has 3 rings (SSSR count). The summed E-state index contributed by atoms with van der Waals surface area (Å²) in [7, 11) is 0. The molecule has 0 spiro atoms. The topological polar surface area (TPSA) is 51.2 Å². The number of aromatic nitrogens is 1. The second-order valence-corrected chi connectivity index (χ2v) is 5.94. The number of ether oxygens (including phenoxy) is 1. The summed E-state index contributed by atoms with van der Waals surface area (Å²) in [4.78, 5) is 16.2. The van der Waals surface area contributed by atoms with Crippen LogP contribution in [-0.2, 0) is 4.79 Å². The predicted octanol–water partition coefficient (Wildman–Crippen LogP) is 4.60. The molecule has 0 aliphatic rings. The van der Waals surface area contributed by atoms with Crippen LogP contribution in [-0.4, -0.2) is 16.6 Å². The van der Waals surface area contributed by atoms with Gasteiger partial charge < -0.3 is 10.1 Å². The van der Waals surface area contributed by atoms with Crippen molar-refractivity contribution in [3.63, 3.8) is 0 Å². The van der Waals surface area contributed by atoms with Crippen LogP contribution in [0.15, 0.2) is 84.0 Å². The third-order valence-electron chi connectivity index (χ3n) is 3.09. The van der Waals surface area contributed by atoms with E-state index >= 15 is 0 Å². The molecule has 5 heteroatoms. The first kappa shape index (κ1) is 16.1. The van der Waals surface area contributed by atoms with Crippen molar-refractivity contribution in [2.24, 2.45) is 0 Å². The van der Waals surface area contributed by atoms with E-state index < -0.39 is 0 Å². The molecule has 24 heavy (non-hydrogen) atoms. The fourth-order valence-corrected chi connectivity index (χ4v) is 2.69. The van der Waals surface area contributed by atoms with Crippen LogP contribution in [0.1, 0.15) is 0 Å². The minimum Gasteiger partial charge on any atom is -0.457 e. The van der Waals surface area contributed by atoms with Gasteiger partial charge in [-0.1, -0.05) is 42.1 Å². The van der Waals surface area contributed by atoms with Crippen molar-refractivity contribution in [1.82, 2.24) is 4.98 Å². The lowest BCUT2D eigenvalue weighted by Gasteiger charge is -2.09. The van der Waals surface area contributed by atoms with E-state index in [1.165, 1.54) is 11.8 Å². The van der Waals surface area contributed by atoms with Crippen LogP contribution in [0.3, 0.4) is 0 Å². The number of amides is 1. The Morgan fingerprint density at radius 3 is 2.54 bits per heavy atom. The van der Waals surface area contributed by atoms with Crippen LogP contribution in [0.25, 0.3) is 0 Å². The van der Waals surface area contributed by atoms with Gasteiger partial charge in [-0.2, -0.15) is 0 Å². The monoisotopic (exact) mass is 336 g/mol. The zero-order valence-corrected chi connectivity index (χ0v) is 13.7. The fourth-order valence-electron chi connectivity index (χ4n) is 2.03. The van der Waals surface area contributed by atoms with Gasteiger partial charge in [-0.3, -0.25) is 4.79 Å². The molecule has 1 heterocycles. The number of nitrogens with one attached hydrogen (secondary N) is 1. The van der Waals surface area contributed by atoms with Gasteiger partial charge in [-0.05, 0) is 36.4 Å². The van der Waals surface area contributed by atoms with Gasteiger partial charge in [-0.15, -0.1) is 0 Å². The average molecular weight is 336 g/mol. The first-order valence-electron chi connectivity index (χ1n) is 7.46. The summed E-state index contributed by atoms with van der Waals surface area (Å²) < 4.78 is 5.76. The Morgan fingerprint density at radius 2 is 1.75 bits per heavy atom. The van der Waals surface area contributed by atoms with Crippen LogP contribution >= 0.6 is 11.8 Å². The molecule has 1 N–H and O–H groups in total. The first-order chi connectivity index (χ1) is 11.8. The molecule has 0 aliphatic heterocycles. The number of nitrogens with zero attached hydrogens (tertiary/aromatic N) is 1. The normalized spacial score (nSPS) is 10.2. The van der Waals surface area contributed by atoms with Crippen molar-refractivity contribution in [3.05, 3.63) is 79.0 Å². The molecular formula is C19H16N2O2S. The standard InChI is InChI=1S/C19H16N2O2S/c22-18(14-24-19-11-4-5-12-20-19)21-15-7-6-10-17(13-15)23-16-8-2-1-3-9-16/h1-13H,14H2,(H,21,22). The van der Waals surface area contributed by atoms with Crippen LogP contribution in [0.5, 0.6) is 11.5 Å². The van der Waals surface area contributed by atoms with E-state index in [-0.39, 0.29) is 5.91 Å². The van der Waals surface area contributed by atoms with Gasteiger partial charge in [0.25, 0.3) is 0 Å². The highest BCUT2D eigenvalue weighted by Gasteiger charge is 2.05. The van der Waals surface area contributed by atoms with Crippen LogP contribution in [0.4, 0.5) is 5.69 Å². The third kappa shape index (κ3) is 4.86. The number of carbonyl (C=O) groups is 1. The molecule has 0 saturated carbocycles. The van der Waals surface area contributed by atoms with Crippen molar-refractivity contribution in [2.45, 2.75) is 5.03 Å². The molecular weight excluding hydrogens is 320 g/mol. The molecule has 0 unspecified atom stereocenters. The second-order valence-electron chi connectivity index (χ2n) is 4.95. The highest BCUT2D eigenvalue weighted by Crippen LogP contribution is 2.24. The zero-order valence-electron chi connectivity index (χ0n) is 12.9. The van der Waals surface area contributed by atoms with E-state index in [0.29, 0.717) is 17.2 Å². The maximum Gasteiger partial charge on any atom is 0.234 e. The van der Waals surface area contributed by atoms with E-state index in [1.54, 1.807) is 12.3 Å². The Hall–Kier alpha value is -2.79. The fraction of sp³-hybridized carbons (Fsp3) is 0.0526. The highest BCUT2D eigenvalue weighted by molar-refractivity contribution is 7.99. The van der Waals surface area contributed by atoms with Gasteiger partial charge in [-0.25, -0.2) is 4.98 Å². The smallest absolute Gasteiger partial charge is 0.234 e. The van der Waals surface area contributed by atoms with E-state index in [9.17, 15) is 4.79 Å². The minimum atomic E-state index is -0.0810. The summed E-state index contributed by atoms with van der Waals surface area (Å²) in [6, 6.07) is 22.5. The van der Waals surface area contributed by atoms with Gasteiger partial charge in [0.2, 0.25) is 5.91 Å². The van der Waals surface area contributed by atoms with E-state index in [4.69, 9.17) is 4.74 Å². The van der Waals surface area contributed by atoms with Crippen LogP contribution in [0.2, 0.25) is 0 Å². The Balaban J connectivity index is 1.57. The molecule has 0 fully saturated rings. The van der Waals surface area contributed by atoms with Gasteiger partial charge in [0.1, 0.15) is 11.5 Å². The molecule has 0 radical (unpaired) electrons. The lowest BCUT2D eigenvalue weighted by Crippen LogP contribution is -2.14. The van der Waals surface area contributed by atoms with Crippen LogP contribution < -0.4 is 10.1 Å². The Morgan fingerprint density at radius 1 is 0.958 bits per heavy atom. The SMILES string of the molecule is O=C(CSc1ccccn1)Nc1cccc(Oc2ccccc2)c1. The van der Waals surface area contributed by atoms with Gasteiger partial charge in [0.15, 0.2) is 0 Å².